The summed E-state index contributed by atoms with van der Waals surface area (Å²) < 4.78 is 5.54. The Morgan fingerprint density at radius 1 is 0.950 bits per heavy atom. The lowest BCUT2D eigenvalue weighted by Gasteiger charge is -2.09. The maximum Gasteiger partial charge on any atom is 0.163 e. The average Bonchev–Trinajstić information content (AvgIpc) is 2.46. The predicted molar refractivity (Wildman–Crippen MR) is 82.0 cm³/mol. The van der Waals surface area contributed by atoms with Crippen molar-refractivity contribution in [2.75, 3.05) is 6.61 Å². The lowest BCUT2D eigenvalue weighted by Crippen LogP contribution is -2.04. The van der Waals surface area contributed by atoms with E-state index in [1.807, 2.05) is 30.3 Å². The first-order valence-corrected chi connectivity index (χ1v) is 7.09. The van der Waals surface area contributed by atoms with Crippen LogP contribution in [-0.2, 0) is 0 Å². The van der Waals surface area contributed by atoms with E-state index in [1.54, 1.807) is 18.2 Å². The van der Waals surface area contributed by atoms with Crippen molar-refractivity contribution in [3.05, 3.63) is 64.1 Å². The van der Waals surface area contributed by atoms with Gasteiger partial charge in [-0.1, -0.05) is 59.6 Å². The van der Waals surface area contributed by atoms with Crippen LogP contribution in [0, 0.1) is 0 Å². The van der Waals surface area contributed by atoms with Gasteiger partial charge in [0.2, 0.25) is 0 Å². The van der Waals surface area contributed by atoms with Gasteiger partial charge in [-0.25, -0.2) is 0 Å². The molecule has 0 aliphatic rings. The predicted octanol–water partition coefficient (Wildman–Crippen LogP) is 5.04. The molecular formula is C16H14Cl2O2. The number of benzene rings is 2. The second-order valence-corrected chi connectivity index (χ2v) is 5.11. The number of carbonyl (C=O) groups excluding carboxylic acids is 1. The van der Waals surface area contributed by atoms with Crippen LogP contribution >= 0.6 is 23.2 Å². The van der Waals surface area contributed by atoms with Crippen LogP contribution < -0.4 is 4.74 Å². The molecule has 0 aliphatic carbocycles. The average molecular weight is 309 g/mol. The van der Waals surface area contributed by atoms with Crippen LogP contribution in [0.1, 0.15) is 23.2 Å². The maximum absolute atomic E-state index is 11.9. The monoisotopic (exact) mass is 308 g/mol. The molecule has 0 aliphatic heterocycles. The van der Waals surface area contributed by atoms with E-state index in [-0.39, 0.29) is 5.78 Å². The third-order valence-corrected chi connectivity index (χ3v) is 3.40. The van der Waals surface area contributed by atoms with E-state index < -0.39 is 0 Å². The van der Waals surface area contributed by atoms with Crippen molar-refractivity contribution < 1.29 is 9.53 Å². The molecule has 0 radical (unpaired) electrons. The molecule has 4 heteroatoms. The lowest BCUT2D eigenvalue weighted by molar-refractivity contribution is 0.0973. The molecule has 0 bridgehead atoms. The van der Waals surface area contributed by atoms with Gasteiger partial charge < -0.3 is 4.74 Å². The minimum Gasteiger partial charge on any atom is -0.490 e. The van der Waals surface area contributed by atoms with Crippen LogP contribution in [0.5, 0.6) is 5.75 Å². The SMILES string of the molecule is O=C(CCCOc1c(Cl)cccc1Cl)c1ccccc1. The first kappa shape index (κ1) is 14.9. The molecule has 0 saturated carbocycles. The fraction of sp³-hybridized carbons (Fsp3) is 0.188. The summed E-state index contributed by atoms with van der Waals surface area (Å²) in [6.07, 6.45) is 1.06. The largest absolute Gasteiger partial charge is 0.490 e. The van der Waals surface area contributed by atoms with Gasteiger partial charge in [0.1, 0.15) is 0 Å². The fourth-order valence-electron chi connectivity index (χ4n) is 1.80. The smallest absolute Gasteiger partial charge is 0.163 e. The quantitative estimate of drug-likeness (QED) is 0.552. The molecule has 2 aromatic carbocycles. The highest BCUT2D eigenvalue weighted by Gasteiger charge is 2.08. The molecule has 2 rings (SSSR count). The van der Waals surface area contributed by atoms with Gasteiger partial charge in [-0.05, 0) is 18.6 Å². The Morgan fingerprint density at radius 3 is 2.25 bits per heavy atom. The topological polar surface area (TPSA) is 26.3 Å². The molecule has 0 spiro atoms. The number of ether oxygens (including phenoxy) is 1. The Bertz CT molecular complexity index is 562. The number of rotatable bonds is 6. The van der Waals surface area contributed by atoms with E-state index in [9.17, 15) is 4.79 Å². The Labute approximate surface area is 128 Å². The van der Waals surface area contributed by atoms with E-state index in [0.29, 0.717) is 35.2 Å². The van der Waals surface area contributed by atoms with E-state index >= 15 is 0 Å². The van der Waals surface area contributed by atoms with Crippen molar-refractivity contribution in [1.29, 1.82) is 0 Å². The van der Waals surface area contributed by atoms with Crippen LogP contribution in [0.25, 0.3) is 0 Å². The minimum atomic E-state index is 0.111. The molecule has 0 atom stereocenters. The van der Waals surface area contributed by atoms with Crippen molar-refractivity contribution in [3.8, 4) is 5.75 Å². The zero-order chi connectivity index (χ0) is 14.4. The summed E-state index contributed by atoms with van der Waals surface area (Å²) in [6.45, 7) is 0.405. The van der Waals surface area contributed by atoms with E-state index in [2.05, 4.69) is 0 Å². The van der Waals surface area contributed by atoms with Crippen molar-refractivity contribution in [2.24, 2.45) is 0 Å². The first-order valence-electron chi connectivity index (χ1n) is 6.33. The van der Waals surface area contributed by atoms with Gasteiger partial charge in [0.15, 0.2) is 11.5 Å². The van der Waals surface area contributed by atoms with Crippen LogP contribution in [-0.4, -0.2) is 12.4 Å². The van der Waals surface area contributed by atoms with Crippen LogP contribution in [0.15, 0.2) is 48.5 Å². The molecular weight excluding hydrogens is 295 g/mol. The molecule has 0 unspecified atom stereocenters. The normalized spacial score (nSPS) is 10.3. The summed E-state index contributed by atoms with van der Waals surface area (Å²) in [5.41, 5.74) is 0.725. The molecule has 0 amide bonds. The number of hydrogen-bond acceptors (Lipinski definition) is 2. The molecule has 2 aromatic rings. The highest BCUT2D eigenvalue weighted by atomic mass is 35.5. The molecule has 0 aromatic heterocycles. The zero-order valence-corrected chi connectivity index (χ0v) is 12.3. The van der Waals surface area contributed by atoms with E-state index in [0.717, 1.165) is 5.56 Å². The second-order valence-electron chi connectivity index (χ2n) is 4.29. The molecule has 2 nitrogen and oxygen atoms in total. The fourth-order valence-corrected chi connectivity index (χ4v) is 2.30. The van der Waals surface area contributed by atoms with E-state index in [4.69, 9.17) is 27.9 Å². The van der Waals surface area contributed by atoms with Gasteiger partial charge in [0.25, 0.3) is 0 Å². The summed E-state index contributed by atoms with van der Waals surface area (Å²) >= 11 is 12.0. The summed E-state index contributed by atoms with van der Waals surface area (Å²) in [5, 5.41) is 0.957. The highest BCUT2D eigenvalue weighted by molar-refractivity contribution is 6.37. The van der Waals surface area contributed by atoms with Crippen LogP contribution in [0.3, 0.4) is 0 Å². The van der Waals surface area contributed by atoms with Gasteiger partial charge in [-0.15, -0.1) is 0 Å². The minimum absolute atomic E-state index is 0.111. The first-order chi connectivity index (χ1) is 9.68. The Kier molecular flexibility index (Phi) is 5.45. The molecule has 104 valence electrons. The number of halogens is 2. The Hall–Kier alpha value is -1.51. The number of para-hydroxylation sites is 1. The third kappa shape index (κ3) is 3.99. The highest BCUT2D eigenvalue weighted by Crippen LogP contribution is 2.32. The molecule has 0 fully saturated rings. The molecule has 0 N–H and O–H groups in total. The molecule has 0 saturated heterocycles. The van der Waals surface area contributed by atoms with Gasteiger partial charge in [0, 0.05) is 12.0 Å². The summed E-state index contributed by atoms with van der Waals surface area (Å²) in [7, 11) is 0. The van der Waals surface area contributed by atoms with Crippen molar-refractivity contribution in [1.82, 2.24) is 0 Å². The molecule has 20 heavy (non-hydrogen) atoms. The van der Waals surface area contributed by atoms with Crippen molar-refractivity contribution in [3.63, 3.8) is 0 Å². The van der Waals surface area contributed by atoms with Crippen LogP contribution in [0.4, 0.5) is 0 Å². The van der Waals surface area contributed by atoms with Crippen molar-refractivity contribution in [2.45, 2.75) is 12.8 Å². The maximum atomic E-state index is 11.9. The molecule has 0 heterocycles. The Morgan fingerprint density at radius 2 is 1.60 bits per heavy atom. The van der Waals surface area contributed by atoms with Gasteiger partial charge in [0.05, 0.1) is 16.7 Å². The van der Waals surface area contributed by atoms with Gasteiger partial charge in [-0.2, -0.15) is 0 Å². The van der Waals surface area contributed by atoms with Gasteiger partial charge >= 0.3 is 0 Å². The Balaban J connectivity index is 1.81. The summed E-state index contributed by atoms with van der Waals surface area (Å²) in [5.74, 6) is 0.586. The summed E-state index contributed by atoms with van der Waals surface area (Å²) in [6, 6.07) is 14.4. The standard InChI is InChI=1S/C16H14Cl2O2/c17-13-8-4-9-14(18)16(13)20-11-5-10-15(19)12-6-2-1-3-7-12/h1-4,6-9H,5,10-11H2. The summed E-state index contributed by atoms with van der Waals surface area (Å²) in [4.78, 5) is 11.9. The second kappa shape index (κ2) is 7.32. The van der Waals surface area contributed by atoms with Crippen LogP contribution in [0.2, 0.25) is 10.0 Å². The van der Waals surface area contributed by atoms with Gasteiger partial charge in [-0.3, -0.25) is 4.79 Å². The third-order valence-electron chi connectivity index (χ3n) is 2.81. The number of Topliss-reactive ketones (excluding diaryl/α,β-unsaturated/α-hetero) is 1. The number of carbonyl (C=O) groups is 1. The number of ketones is 1. The lowest BCUT2D eigenvalue weighted by atomic mass is 10.1. The van der Waals surface area contributed by atoms with Crippen molar-refractivity contribution >= 4 is 29.0 Å². The van der Waals surface area contributed by atoms with E-state index in [1.165, 1.54) is 0 Å². The zero-order valence-electron chi connectivity index (χ0n) is 10.8. The number of hydrogen-bond donors (Lipinski definition) is 0.